The molecule has 2 nitrogen and oxygen atoms in total. The fourth-order valence-electron chi connectivity index (χ4n) is 2.69. The van der Waals surface area contributed by atoms with Crippen LogP contribution in [0.25, 0.3) is 0 Å². The molecule has 0 N–H and O–H groups in total. The van der Waals surface area contributed by atoms with Crippen LogP contribution >= 0.6 is 0 Å². The van der Waals surface area contributed by atoms with Crippen molar-refractivity contribution in [3.05, 3.63) is 65.2 Å². The van der Waals surface area contributed by atoms with Crippen LogP contribution in [-0.4, -0.2) is 7.11 Å². The lowest BCUT2D eigenvalue weighted by Gasteiger charge is -2.43. The van der Waals surface area contributed by atoms with Crippen LogP contribution in [0.4, 0.5) is 0 Å². The van der Waals surface area contributed by atoms with E-state index >= 15 is 0 Å². The summed E-state index contributed by atoms with van der Waals surface area (Å²) in [4.78, 5) is 0. The van der Waals surface area contributed by atoms with E-state index in [1.54, 1.807) is 7.11 Å². The van der Waals surface area contributed by atoms with Crippen LogP contribution in [-0.2, 0) is 10.8 Å². The second kappa shape index (κ2) is 5.85. The SMILES string of the molecule is COc1ccc(C(C)(C)C(C)(C)c2ccc(C#N)cc2)cc1. The molecule has 0 saturated heterocycles. The lowest BCUT2D eigenvalue weighted by molar-refractivity contribution is 0.302. The van der Waals surface area contributed by atoms with Gasteiger partial charge in [0.05, 0.1) is 18.7 Å². The zero-order valence-corrected chi connectivity index (χ0v) is 14.0. The van der Waals surface area contributed by atoms with Crippen molar-refractivity contribution in [2.24, 2.45) is 0 Å². The van der Waals surface area contributed by atoms with Gasteiger partial charge >= 0.3 is 0 Å². The molecule has 2 aromatic carbocycles. The van der Waals surface area contributed by atoms with Crippen LogP contribution in [0.3, 0.4) is 0 Å². The molecule has 0 radical (unpaired) electrons. The van der Waals surface area contributed by atoms with Crippen molar-refractivity contribution in [3.63, 3.8) is 0 Å². The maximum atomic E-state index is 8.96. The molecule has 0 aromatic heterocycles. The van der Waals surface area contributed by atoms with Gasteiger partial charge in [-0.3, -0.25) is 0 Å². The number of nitriles is 1. The van der Waals surface area contributed by atoms with Crippen molar-refractivity contribution in [1.82, 2.24) is 0 Å². The molecular weight excluding hydrogens is 270 g/mol. The summed E-state index contributed by atoms with van der Waals surface area (Å²) >= 11 is 0. The summed E-state index contributed by atoms with van der Waals surface area (Å²) in [5.74, 6) is 0.871. The van der Waals surface area contributed by atoms with Gasteiger partial charge in [-0.25, -0.2) is 0 Å². The predicted molar refractivity (Wildman–Crippen MR) is 90.2 cm³/mol. The quantitative estimate of drug-likeness (QED) is 0.809. The zero-order chi connectivity index (χ0) is 16.4. The van der Waals surface area contributed by atoms with Gasteiger partial charge in [0.15, 0.2) is 0 Å². The molecule has 0 atom stereocenters. The van der Waals surface area contributed by atoms with E-state index < -0.39 is 0 Å². The van der Waals surface area contributed by atoms with Crippen LogP contribution in [0.5, 0.6) is 5.75 Å². The molecule has 0 amide bonds. The second-order valence-electron chi connectivity index (χ2n) is 6.67. The Morgan fingerprint density at radius 2 is 1.18 bits per heavy atom. The largest absolute Gasteiger partial charge is 0.497 e. The van der Waals surface area contributed by atoms with Gasteiger partial charge in [0.2, 0.25) is 0 Å². The molecule has 0 spiro atoms. The highest BCUT2D eigenvalue weighted by atomic mass is 16.5. The van der Waals surface area contributed by atoms with Crippen LogP contribution < -0.4 is 4.74 Å². The van der Waals surface area contributed by atoms with E-state index in [2.05, 4.69) is 58.0 Å². The van der Waals surface area contributed by atoms with Gasteiger partial charge in [0.25, 0.3) is 0 Å². The molecule has 22 heavy (non-hydrogen) atoms. The number of rotatable bonds is 4. The molecule has 0 aliphatic rings. The lowest BCUT2D eigenvalue weighted by atomic mass is 9.61. The number of hydrogen-bond acceptors (Lipinski definition) is 2. The van der Waals surface area contributed by atoms with Gasteiger partial charge < -0.3 is 4.74 Å². The van der Waals surface area contributed by atoms with Gasteiger partial charge in [-0.1, -0.05) is 52.0 Å². The third kappa shape index (κ3) is 2.72. The molecule has 2 rings (SSSR count). The Labute approximate surface area is 133 Å². The average Bonchev–Trinajstić information content (AvgIpc) is 2.54. The fourth-order valence-corrected chi connectivity index (χ4v) is 2.69. The Hall–Kier alpha value is -2.27. The maximum Gasteiger partial charge on any atom is 0.118 e. The minimum absolute atomic E-state index is 0.0621. The number of benzene rings is 2. The molecule has 0 unspecified atom stereocenters. The number of hydrogen-bond donors (Lipinski definition) is 0. The summed E-state index contributed by atoms with van der Waals surface area (Å²) in [5, 5.41) is 8.96. The van der Waals surface area contributed by atoms with Crippen molar-refractivity contribution in [2.45, 2.75) is 38.5 Å². The number of ether oxygens (including phenoxy) is 1. The molecule has 0 aliphatic carbocycles. The van der Waals surface area contributed by atoms with Crippen molar-refractivity contribution in [2.75, 3.05) is 7.11 Å². The van der Waals surface area contributed by atoms with Gasteiger partial charge in [0, 0.05) is 0 Å². The van der Waals surface area contributed by atoms with E-state index in [9.17, 15) is 0 Å². The van der Waals surface area contributed by atoms with Crippen molar-refractivity contribution in [1.29, 1.82) is 5.26 Å². The minimum Gasteiger partial charge on any atom is -0.497 e. The molecule has 0 fully saturated rings. The molecule has 2 heteroatoms. The van der Waals surface area contributed by atoms with Crippen LogP contribution in [0.2, 0.25) is 0 Å². The first-order valence-electron chi connectivity index (χ1n) is 7.48. The Balaban J connectivity index is 2.41. The number of methoxy groups -OCH3 is 1. The molecule has 0 saturated carbocycles. The van der Waals surface area contributed by atoms with Crippen molar-refractivity contribution >= 4 is 0 Å². The molecule has 0 bridgehead atoms. The highest BCUT2D eigenvalue weighted by Crippen LogP contribution is 2.43. The van der Waals surface area contributed by atoms with E-state index in [1.165, 1.54) is 11.1 Å². The molecule has 0 heterocycles. The van der Waals surface area contributed by atoms with Crippen LogP contribution in [0.1, 0.15) is 44.4 Å². The summed E-state index contributed by atoms with van der Waals surface area (Å²) < 4.78 is 5.25. The molecule has 0 aliphatic heterocycles. The van der Waals surface area contributed by atoms with Gasteiger partial charge in [0.1, 0.15) is 5.75 Å². The van der Waals surface area contributed by atoms with E-state index in [-0.39, 0.29) is 10.8 Å². The van der Waals surface area contributed by atoms with Gasteiger partial charge in [-0.15, -0.1) is 0 Å². The highest BCUT2D eigenvalue weighted by molar-refractivity contribution is 5.41. The van der Waals surface area contributed by atoms with E-state index in [0.29, 0.717) is 5.56 Å². The predicted octanol–water partition coefficient (Wildman–Crippen LogP) is 4.82. The van der Waals surface area contributed by atoms with E-state index in [0.717, 1.165) is 5.75 Å². The summed E-state index contributed by atoms with van der Waals surface area (Å²) in [6.45, 7) is 9.01. The van der Waals surface area contributed by atoms with Crippen molar-refractivity contribution in [3.8, 4) is 11.8 Å². The normalized spacial score (nSPS) is 11.8. The Bertz CT molecular complexity index is 673. The topological polar surface area (TPSA) is 33.0 Å². The highest BCUT2D eigenvalue weighted by Gasteiger charge is 2.39. The molecule has 2 aromatic rings. The summed E-state index contributed by atoms with van der Waals surface area (Å²) in [7, 11) is 1.68. The monoisotopic (exact) mass is 293 g/mol. The molecular formula is C20H23NO. The summed E-state index contributed by atoms with van der Waals surface area (Å²) in [6, 6.07) is 18.3. The average molecular weight is 293 g/mol. The maximum absolute atomic E-state index is 8.96. The van der Waals surface area contributed by atoms with E-state index in [1.807, 2.05) is 24.3 Å². The second-order valence-corrected chi connectivity index (χ2v) is 6.67. The standard InChI is InChI=1S/C20H23NO/c1-19(2,16-8-6-15(14-21)7-9-16)20(3,4)17-10-12-18(22-5)13-11-17/h6-13H,1-5H3. The van der Waals surface area contributed by atoms with Crippen LogP contribution in [0.15, 0.2) is 48.5 Å². The Morgan fingerprint density at radius 1 is 0.773 bits per heavy atom. The first-order valence-corrected chi connectivity index (χ1v) is 7.48. The van der Waals surface area contributed by atoms with Gasteiger partial charge in [-0.05, 0) is 46.2 Å². The minimum atomic E-state index is -0.0738. The summed E-state index contributed by atoms with van der Waals surface area (Å²) in [5.41, 5.74) is 3.06. The fraction of sp³-hybridized carbons (Fsp3) is 0.350. The zero-order valence-electron chi connectivity index (χ0n) is 14.0. The molecule has 114 valence electrons. The van der Waals surface area contributed by atoms with Gasteiger partial charge in [-0.2, -0.15) is 5.26 Å². The Morgan fingerprint density at radius 3 is 1.55 bits per heavy atom. The van der Waals surface area contributed by atoms with E-state index in [4.69, 9.17) is 10.00 Å². The first kappa shape index (κ1) is 16.1. The summed E-state index contributed by atoms with van der Waals surface area (Å²) in [6.07, 6.45) is 0. The first-order chi connectivity index (χ1) is 10.3. The van der Waals surface area contributed by atoms with Crippen LogP contribution in [0, 0.1) is 11.3 Å². The third-order valence-corrected chi connectivity index (χ3v) is 5.11. The number of nitrogens with zero attached hydrogens (tertiary/aromatic N) is 1. The Kier molecular flexibility index (Phi) is 4.28. The van der Waals surface area contributed by atoms with Crippen molar-refractivity contribution < 1.29 is 4.74 Å². The smallest absolute Gasteiger partial charge is 0.118 e. The third-order valence-electron chi connectivity index (χ3n) is 5.11. The lowest BCUT2D eigenvalue weighted by Crippen LogP contribution is -2.40.